The van der Waals surface area contributed by atoms with Crippen molar-refractivity contribution in [2.24, 2.45) is 0 Å². The normalized spacial score (nSPS) is 10.2. The molecular formula is C10H12N2OS2. The van der Waals surface area contributed by atoms with E-state index in [1.54, 1.807) is 17.4 Å². The maximum Gasteiger partial charge on any atom is 0.250 e. The fourth-order valence-corrected chi connectivity index (χ4v) is 1.77. The molecule has 1 aromatic heterocycles. The van der Waals surface area contributed by atoms with E-state index in [0.29, 0.717) is 11.7 Å². The van der Waals surface area contributed by atoms with Gasteiger partial charge in [0.15, 0.2) is 5.11 Å². The number of thiocarbonyl (C=S) groups is 1. The highest BCUT2D eigenvalue weighted by atomic mass is 32.1. The van der Waals surface area contributed by atoms with Crippen LogP contribution in [0.25, 0.3) is 6.08 Å². The molecule has 3 nitrogen and oxygen atoms in total. The average molecular weight is 240 g/mol. The van der Waals surface area contributed by atoms with Gasteiger partial charge in [0.25, 0.3) is 0 Å². The Balaban J connectivity index is 2.39. The molecule has 0 aliphatic heterocycles. The lowest BCUT2D eigenvalue weighted by molar-refractivity contribution is -0.115. The molecule has 0 aliphatic carbocycles. The third-order valence-electron chi connectivity index (χ3n) is 1.52. The van der Waals surface area contributed by atoms with Crippen LogP contribution in [0.5, 0.6) is 0 Å². The van der Waals surface area contributed by atoms with Gasteiger partial charge in [0.1, 0.15) is 0 Å². The van der Waals surface area contributed by atoms with Gasteiger partial charge in [-0.3, -0.25) is 10.1 Å². The number of nitrogens with one attached hydrogen (secondary N) is 2. The molecule has 0 fully saturated rings. The van der Waals surface area contributed by atoms with Gasteiger partial charge in [0, 0.05) is 17.5 Å². The summed E-state index contributed by atoms with van der Waals surface area (Å²) in [7, 11) is 0. The molecule has 15 heavy (non-hydrogen) atoms. The van der Waals surface area contributed by atoms with E-state index in [0.717, 1.165) is 4.88 Å². The van der Waals surface area contributed by atoms with E-state index in [1.165, 1.54) is 6.08 Å². The third-order valence-corrected chi connectivity index (χ3v) is 2.60. The summed E-state index contributed by atoms with van der Waals surface area (Å²) in [5.74, 6) is -0.214. The molecule has 1 amide bonds. The summed E-state index contributed by atoms with van der Waals surface area (Å²) < 4.78 is 0. The number of amides is 1. The first-order valence-electron chi connectivity index (χ1n) is 4.52. The second kappa shape index (κ2) is 6.31. The first kappa shape index (κ1) is 11.9. The van der Waals surface area contributed by atoms with Gasteiger partial charge in [-0.25, -0.2) is 0 Å². The summed E-state index contributed by atoms with van der Waals surface area (Å²) in [5, 5.41) is 7.70. The number of rotatable bonds is 3. The Morgan fingerprint density at radius 1 is 1.67 bits per heavy atom. The summed E-state index contributed by atoms with van der Waals surface area (Å²) in [5.41, 5.74) is 0. The molecule has 1 rings (SSSR count). The number of carbonyl (C=O) groups excluding carboxylic acids is 1. The quantitative estimate of drug-likeness (QED) is 0.625. The summed E-state index contributed by atoms with van der Waals surface area (Å²) in [6, 6.07) is 3.88. The van der Waals surface area contributed by atoms with E-state index in [9.17, 15) is 4.79 Å². The van der Waals surface area contributed by atoms with Gasteiger partial charge >= 0.3 is 0 Å². The van der Waals surface area contributed by atoms with Crippen LogP contribution in [-0.2, 0) is 4.79 Å². The summed E-state index contributed by atoms with van der Waals surface area (Å²) in [4.78, 5) is 12.3. The highest BCUT2D eigenvalue weighted by molar-refractivity contribution is 7.80. The largest absolute Gasteiger partial charge is 0.363 e. The minimum atomic E-state index is -0.214. The minimum Gasteiger partial charge on any atom is -0.363 e. The van der Waals surface area contributed by atoms with E-state index < -0.39 is 0 Å². The predicted molar refractivity (Wildman–Crippen MR) is 67.8 cm³/mol. The molecule has 0 spiro atoms. The molecule has 1 aromatic rings. The molecule has 80 valence electrons. The zero-order valence-electron chi connectivity index (χ0n) is 8.32. The van der Waals surface area contributed by atoms with Crippen LogP contribution in [-0.4, -0.2) is 17.6 Å². The second-order valence-electron chi connectivity index (χ2n) is 2.70. The average Bonchev–Trinajstić information content (AvgIpc) is 2.67. The second-order valence-corrected chi connectivity index (χ2v) is 4.08. The first-order chi connectivity index (χ1) is 7.22. The van der Waals surface area contributed by atoms with Crippen molar-refractivity contribution in [3.05, 3.63) is 28.5 Å². The maximum atomic E-state index is 11.3. The Labute approximate surface area is 98.2 Å². The van der Waals surface area contributed by atoms with E-state index in [2.05, 4.69) is 10.6 Å². The van der Waals surface area contributed by atoms with E-state index in [1.807, 2.05) is 24.4 Å². The zero-order chi connectivity index (χ0) is 11.1. The maximum absolute atomic E-state index is 11.3. The highest BCUT2D eigenvalue weighted by Crippen LogP contribution is 2.09. The van der Waals surface area contributed by atoms with Crippen molar-refractivity contribution in [2.45, 2.75) is 6.92 Å². The van der Waals surface area contributed by atoms with Gasteiger partial charge in [-0.05, 0) is 36.7 Å². The number of hydrogen-bond donors (Lipinski definition) is 2. The predicted octanol–water partition coefficient (Wildman–Crippen LogP) is 1.77. The standard InChI is InChI=1S/C10H12N2OS2/c1-2-11-10(14)12-9(13)6-5-8-4-3-7-15-8/h3-7H,2H2,1H3,(H2,11,12,13,14)/b6-5+. The van der Waals surface area contributed by atoms with Crippen molar-refractivity contribution in [1.82, 2.24) is 10.6 Å². The fraction of sp³-hybridized carbons (Fsp3) is 0.200. The Hall–Kier alpha value is -1.20. The van der Waals surface area contributed by atoms with Crippen molar-refractivity contribution in [3.8, 4) is 0 Å². The van der Waals surface area contributed by atoms with Gasteiger partial charge in [0.05, 0.1) is 0 Å². The summed E-state index contributed by atoms with van der Waals surface area (Å²) >= 11 is 6.45. The van der Waals surface area contributed by atoms with Crippen molar-refractivity contribution in [1.29, 1.82) is 0 Å². The van der Waals surface area contributed by atoms with Crippen LogP contribution in [0.1, 0.15) is 11.8 Å². The summed E-state index contributed by atoms with van der Waals surface area (Å²) in [6.07, 6.45) is 3.23. The molecule has 0 saturated carbocycles. The van der Waals surface area contributed by atoms with Crippen molar-refractivity contribution in [3.63, 3.8) is 0 Å². The molecule has 1 heterocycles. The fourth-order valence-electron chi connectivity index (χ4n) is 0.902. The lowest BCUT2D eigenvalue weighted by atomic mass is 10.4. The van der Waals surface area contributed by atoms with Crippen LogP contribution in [0.15, 0.2) is 23.6 Å². The Bertz CT molecular complexity index is 358. The summed E-state index contributed by atoms with van der Waals surface area (Å²) in [6.45, 7) is 2.62. The van der Waals surface area contributed by atoms with E-state index >= 15 is 0 Å². The van der Waals surface area contributed by atoms with E-state index in [4.69, 9.17) is 12.2 Å². The lowest BCUT2D eigenvalue weighted by Crippen LogP contribution is -2.38. The van der Waals surface area contributed by atoms with Crippen LogP contribution in [0, 0.1) is 0 Å². The van der Waals surface area contributed by atoms with Crippen LogP contribution in [0.4, 0.5) is 0 Å². The molecule has 0 atom stereocenters. The molecule has 0 radical (unpaired) electrons. The molecule has 0 saturated heterocycles. The zero-order valence-corrected chi connectivity index (χ0v) is 9.95. The van der Waals surface area contributed by atoms with Gasteiger partial charge in [-0.15, -0.1) is 11.3 Å². The molecule has 0 aromatic carbocycles. The van der Waals surface area contributed by atoms with Crippen LogP contribution >= 0.6 is 23.6 Å². The molecule has 5 heteroatoms. The van der Waals surface area contributed by atoms with Gasteiger partial charge < -0.3 is 5.32 Å². The minimum absolute atomic E-state index is 0.214. The van der Waals surface area contributed by atoms with E-state index in [-0.39, 0.29) is 5.91 Å². The SMILES string of the molecule is CCNC(=S)NC(=O)/C=C/c1cccs1. The van der Waals surface area contributed by atoms with Crippen LogP contribution in [0.3, 0.4) is 0 Å². The van der Waals surface area contributed by atoms with Crippen molar-refractivity contribution >= 4 is 40.7 Å². The van der Waals surface area contributed by atoms with Crippen LogP contribution < -0.4 is 10.6 Å². The van der Waals surface area contributed by atoms with Gasteiger partial charge in [0.2, 0.25) is 5.91 Å². The lowest BCUT2D eigenvalue weighted by Gasteiger charge is -2.03. The monoisotopic (exact) mass is 240 g/mol. The molecule has 0 bridgehead atoms. The molecule has 0 unspecified atom stereocenters. The van der Waals surface area contributed by atoms with Crippen molar-refractivity contribution < 1.29 is 4.79 Å². The Morgan fingerprint density at radius 2 is 2.47 bits per heavy atom. The van der Waals surface area contributed by atoms with Crippen molar-refractivity contribution in [2.75, 3.05) is 6.54 Å². The highest BCUT2D eigenvalue weighted by Gasteiger charge is 1.98. The Kier molecular flexibility index (Phi) is 5.00. The number of hydrogen-bond acceptors (Lipinski definition) is 3. The van der Waals surface area contributed by atoms with Crippen LogP contribution in [0.2, 0.25) is 0 Å². The topological polar surface area (TPSA) is 41.1 Å². The first-order valence-corrected chi connectivity index (χ1v) is 5.81. The van der Waals surface area contributed by atoms with Gasteiger partial charge in [-0.2, -0.15) is 0 Å². The molecule has 0 aliphatic rings. The third kappa shape index (κ3) is 4.71. The smallest absolute Gasteiger partial charge is 0.250 e. The van der Waals surface area contributed by atoms with Gasteiger partial charge in [-0.1, -0.05) is 6.07 Å². The molecule has 2 N–H and O–H groups in total. The molecular weight excluding hydrogens is 228 g/mol. The number of thiophene rings is 1. The Morgan fingerprint density at radius 3 is 3.07 bits per heavy atom. The number of carbonyl (C=O) groups is 1.